The number of nitrogens with zero attached hydrogens (tertiary/aromatic N) is 1. The van der Waals surface area contributed by atoms with Crippen molar-refractivity contribution in [1.82, 2.24) is 4.90 Å². The zero-order chi connectivity index (χ0) is 16.9. The van der Waals surface area contributed by atoms with Gasteiger partial charge in [0, 0.05) is 25.2 Å². The minimum Gasteiger partial charge on any atom is -0.463 e. The van der Waals surface area contributed by atoms with Gasteiger partial charge in [0.05, 0.1) is 6.61 Å². The number of rotatable bonds is 8. The highest BCUT2D eigenvalue weighted by atomic mass is 16.5. The second-order valence-electron chi connectivity index (χ2n) is 4.74. The molecule has 1 aromatic rings. The van der Waals surface area contributed by atoms with Gasteiger partial charge in [-0.2, -0.15) is 0 Å². The highest BCUT2D eigenvalue weighted by Crippen LogP contribution is 2.06. The largest absolute Gasteiger partial charge is 0.463 e. The number of allylic oxidation sites excluding steroid dienone is 3. The van der Waals surface area contributed by atoms with Crippen LogP contribution in [0.25, 0.3) is 0 Å². The summed E-state index contributed by atoms with van der Waals surface area (Å²) in [6, 6.07) is 9.72. The molecular weight excluding hydrogens is 290 g/mol. The summed E-state index contributed by atoms with van der Waals surface area (Å²) in [4.78, 5) is 25.3. The number of carbonyl (C=O) groups is 2. The molecule has 0 aliphatic carbocycles. The van der Waals surface area contributed by atoms with Crippen LogP contribution in [-0.2, 0) is 20.9 Å². The van der Waals surface area contributed by atoms with Gasteiger partial charge in [-0.15, -0.1) is 0 Å². The van der Waals surface area contributed by atoms with E-state index in [1.54, 1.807) is 30.1 Å². The fourth-order valence-electron chi connectivity index (χ4n) is 1.86. The molecule has 0 saturated heterocycles. The van der Waals surface area contributed by atoms with Crippen molar-refractivity contribution in [3.8, 4) is 0 Å². The van der Waals surface area contributed by atoms with Crippen molar-refractivity contribution >= 4 is 11.9 Å². The monoisotopic (exact) mass is 313 g/mol. The van der Waals surface area contributed by atoms with E-state index in [2.05, 4.69) is 0 Å². The molecule has 0 aromatic heterocycles. The van der Waals surface area contributed by atoms with Crippen LogP contribution in [0, 0.1) is 0 Å². The summed E-state index contributed by atoms with van der Waals surface area (Å²) < 4.78 is 4.83. The minimum absolute atomic E-state index is 0.111. The summed E-state index contributed by atoms with van der Waals surface area (Å²) in [6.45, 7) is 4.79. The van der Waals surface area contributed by atoms with Crippen LogP contribution < -0.4 is 0 Å². The van der Waals surface area contributed by atoms with E-state index in [9.17, 15) is 9.59 Å². The van der Waals surface area contributed by atoms with E-state index in [1.807, 2.05) is 43.3 Å². The van der Waals surface area contributed by atoms with Gasteiger partial charge in [0.1, 0.15) is 0 Å². The molecule has 1 aromatic carbocycles. The highest BCUT2D eigenvalue weighted by Gasteiger charge is 2.09. The van der Waals surface area contributed by atoms with Gasteiger partial charge in [0.25, 0.3) is 0 Å². The molecule has 23 heavy (non-hydrogen) atoms. The van der Waals surface area contributed by atoms with Gasteiger partial charge in [-0.25, -0.2) is 4.79 Å². The lowest BCUT2D eigenvalue weighted by Crippen LogP contribution is -2.29. The molecule has 0 fully saturated rings. The molecule has 0 atom stereocenters. The number of ether oxygens (including phenoxy) is 1. The Morgan fingerprint density at radius 3 is 2.52 bits per heavy atom. The molecule has 4 heteroatoms. The second-order valence-corrected chi connectivity index (χ2v) is 4.74. The quantitative estimate of drug-likeness (QED) is 0.420. The van der Waals surface area contributed by atoms with Crippen LogP contribution in [-0.4, -0.2) is 29.9 Å². The van der Waals surface area contributed by atoms with Crippen molar-refractivity contribution in [2.24, 2.45) is 0 Å². The summed E-state index contributed by atoms with van der Waals surface area (Å²) >= 11 is 0. The van der Waals surface area contributed by atoms with Crippen LogP contribution in [0.3, 0.4) is 0 Å². The Morgan fingerprint density at radius 2 is 1.87 bits per heavy atom. The Labute approximate surface area is 137 Å². The van der Waals surface area contributed by atoms with E-state index >= 15 is 0 Å². The number of carbonyl (C=O) groups excluding carboxylic acids is 2. The Bertz CT molecular complexity index is 574. The van der Waals surface area contributed by atoms with Crippen LogP contribution in [0.5, 0.6) is 0 Å². The number of hydrogen-bond acceptors (Lipinski definition) is 3. The highest BCUT2D eigenvalue weighted by molar-refractivity contribution is 5.88. The minimum atomic E-state index is -0.399. The van der Waals surface area contributed by atoms with Crippen molar-refractivity contribution in [1.29, 1.82) is 0 Å². The normalized spacial score (nSPS) is 11.4. The molecule has 122 valence electrons. The standard InChI is InChI=1S/C19H23NO3/c1-3-5-7-13-18(21)20(15-10-14-19(22)23-4-2)16-17-11-8-6-9-12-17/h3,5-14H,4,15-16H2,1-2H3/b5-3+,13-7+,14-10+. The number of amides is 1. The van der Waals surface area contributed by atoms with Crippen LogP contribution in [0.15, 0.2) is 66.8 Å². The first-order chi connectivity index (χ1) is 11.2. The number of benzene rings is 1. The summed E-state index contributed by atoms with van der Waals surface area (Å²) in [5, 5.41) is 0. The van der Waals surface area contributed by atoms with Gasteiger partial charge in [0.2, 0.25) is 5.91 Å². The van der Waals surface area contributed by atoms with E-state index in [1.165, 1.54) is 12.2 Å². The molecule has 0 saturated carbocycles. The second kappa shape index (κ2) is 11.0. The Balaban J connectivity index is 2.75. The fourth-order valence-corrected chi connectivity index (χ4v) is 1.86. The lowest BCUT2D eigenvalue weighted by Gasteiger charge is -2.19. The molecule has 1 rings (SSSR count). The third-order valence-electron chi connectivity index (χ3n) is 2.94. The van der Waals surface area contributed by atoms with Crippen molar-refractivity contribution in [2.75, 3.05) is 13.2 Å². The molecule has 0 unspecified atom stereocenters. The average Bonchev–Trinajstić information content (AvgIpc) is 2.55. The lowest BCUT2D eigenvalue weighted by molar-refractivity contribution is -0.137. The van der Waals surface area contributed by atoms with Gasteiger partial charge >= 0.3 is 5.97 Å². The molecule has 0 N–H and O–H groups in total. The number of hydrogen-bond donors (Lipinski definition) is 0. The molecule has 0 bridgehead atoms. The SMILES string of the molecule is C/C=C/C=C/C(=O)N(C/C=C/C(=O)OCC)Cc1ccccc1. The summed E-state index contributed by atoms with van der Waals surface area (Å²) in [7, 11) is 0. The van der Waals surface area contributed by atoms with Gasteiger partial charge in [-0.05, 0) is 19.4 Å². The smallest absolute Gasteiger partial charge is 0.330 e. The van der Waals surface area contributed by atoms with Crippen molar-refractivity contribution in [2.45, 2.75) is 20.4 Å². The van der Waals surface area contributed by atoms with Crippen molar-refractivity contribution in [3.05, 3.63) is 72.4 Å². The van der Waals surface area contributed by atoms with E-state index in [0.29, 0.717) is 19.7 Å². The molecular formula is C19H23NO3. The predicted octanol–water partition coefficient (Wildman–Crippen LogP) is 3.27. The first-order valence-electron chi connectivity index (χ1n) is 7.62. The van der Waals surface area contributed by atoms with Crippen LogP contribution in [0.2, 0.25) is 0 Å². The molecule has 0 heterocycles. The fraction of sp³-hybridized carbons (Fsp3) is 0.263. The van der Waals surface area contributed by atoms with Gasteiger partial charge in [-0.1, -0.05) is 54.6 Å². The van der Waals surface area contributed by atoms with E-state index < -0.39 is 5.97 Å². The molecule has 1 amide bonds. The summed E-state index contributed by atoms with van der Waals surface area (Å²) in [5.74, 6) is -0.510. The van der Waals surface area contributed by atoms with Crippen LogP contribution >= 0.6 is 0 Å². The third kappa shape index (κ3) is 7.81. The molecule has 0 aliphatic heterocycles. The van der Waals surface area contributed by atoms with Crippen molar-refractivity contribution in [3.63, 3.8) is 0 Å². The summed E-state index contributed by atoms with van der Waals surface area (Å²) in [5.41, 5.74) is 1.03. The maximum absolute atomic E-state index is 12.3. The van der Waals surface area contributed by atoms with Gasteiger partial charge in [-0.3, -0.25) is 4.79 Å². The summed E-state index contributed by atoms with van der Waals surface area (Å²) in [6.07, 6.45) is 9.86. The topological polar surface area (TPSA) is 46.6 Å². The van der Waals surface area contributed by atoms with E-state index in [4.69, 9.17) is 4.74 Å². The maximum atomic E-state index is 12.3. The first-order valence-corrected chi connectivity index (χ1v) is 7.62. The van der Waals surface area contributed by atoms with Gasteiger partial charge in [0.15, 0.2) is 0 Å². The Kier molecular flexibility index (Phi) is 8.83. The maximum Gasteiger partial charge on any atom is 0.330 e. The third-order valence-corrected chi connectivity index (χ3v) is 2.94. The van der Waals surface area contributed by atoms with Crippen molar-refractivity contribution < 1.29 is 14.3 Å². The molecule has 0 spiro atoms. The Morgan fingerprint density at radius 1 is 1.13 bits per heavy atom. The van der Waals surface area contributed by atoms with E-state index in [-0.39, 0.29) is 5.91 Å². The first kappa shape index (κ1) is 18.4. The zero-order valence-corrected chi connectivity index (χ0v) is 13.6. The van der Waals surface area contributed by atoms with E-state index in [0.717, 1.165) is 5.56 Å². The lowest BCUT2D eigenvalue weighted by atomic mass is 10.2. The van der Waals surface area contributed by atoms with Gasteiger partial charge < -0.3 is 9.64 Å². The van der Waals surface area contributed by atoms with Crippen LogP contribution in [0.1, 0.15) is 19.4 Å². The molecule has 4 nitrogen and oxygen atoms in total. The Hall–Kier alpha value is -2.62. The van der Waals surface area contributed by atoms with Crippen LogP contribution in [0.4, 0.5) is 0 Å². The number of esters is 1. The average molecular weight is 313 g/mol. The molecule has 0 aliphatic rings. The predicted molar refractivity (Wildman–Crippen MR) is 91.6 cm³/mol. The molecule has 0 radical (unpaired) electrons. The zero-order valence-electron chi connectivity index (χ0n) is 13.6.